The van der Waals surface area contributed by atoms with Crippen molar-refractivity contribution >= 4 is 5.97 Å². The lowest BCUT2D eigenvalue weighted by molar-refractivity contribution is -0.274. The Labute approximate surface area is 126 Å². The molecule has 4 nitrogen and oxygen atoms in total. The third-order valence-corrected chi connectivity index (χ3v) is 2.68. The summed E-state index contributed by atoms with van der Waals surface area (Å²) in [4.78, 5) is 14.4. The number of nitrogens with zero attached hydrogens (tertiary/aromatic N) is 1. The summed E-state index contributed by atoms with van der Waals surface area (Å²) >= 11 is 0. The molecule has 0 spiro atoms. The Kier molecular flexibility index (Phi) is 4.48. The molecule has 0 atom stereocenters. The van der Waals surface area contributed by atoms with Gasteiger partial charge < -0.3 is 9.84 Å². The lowest BCUT2D eigenvalue weighted by Gasteiger charge is -2.16. The number of carboxylic acid groups (broad SMARTS) is 1. The first-order valence-corrected chi connectivity index (χ1v) is 6.07. The average Bonchev–Trinajstić information content (AvgIpc) is 2.37. The van der Waals surface area contributed by atoms with Gasteiger partial charge in [-0.2, -0.15) is 0 Å². The molecular weight excluding hydrogens is 325 g/mol. The number of aliphatic carboxylic acids is 1. The molecule has 0 radical (unpaired) electrons. The van der Waals surface area contributed by atoms with Crippen molar-refractivity contribution in [2.24, 2.45) is 0 Å². The third-order valence-electron chi connectivity index (χ3n) is 2.68. The molecule has 2 rings (SSSR count). The summed E-state index contributed by atoms with van der Waals surface area (Å²) in [5.74, 6) is -4.36. The van der Waals surface area contributed by atoms with Crippen LogP contribution in [-0.2, 0) is 11.2 Å². The smallest absolute Gasteiger partial charge is 0.481 e. The van der Waals surface area contributed by atoms with Gasteiger partial charge in [0.2, 0.25) is 0 Å². The van der Waals surface area contributed by atoms with Crippen LogP contribution in [0.2, 0.25) is 0 Å². The Morgan fingerprint density at radius 3 is 2.30 bits per heavy atom. The fourth-order valence-electron chi connectivity index (χ4n) is 1.92. The zero-order chi connectivity index (χ0) is 17.2. The third kappa shape index (κ3) is 4.38. The van der Waals surface area contributed by atoms with Crippen molar-refractivity contribution in [1.29, 1.82) is 0 Å². The Balaban J connectivity index is 2.63. The van der Waals surface area contributed by atoms with Gasteiger partial charge in [0.1, 0.15) is 17.3 Å². The highest BCUT2D eigenvalue weighted by Crippen LogP contribution is 2.36. The van der Waals surface area contributed by atoms with Crippen molar-refractivity contribution < 1.29 is 36.6 Å². The second-order valence-corrected chi connectivity index (χ2v) is 4.42. The summed E-state index contributed by atoms with van der Waals surface area (Å²) < 4.78 is 68.1. The SMILES string of the molecule is O=C(O)Cc1ccnc(-c2cc(F)cc(F)c2)c1OC(F)(F)F. The fraction of sp³-hybridized carbons (Fsp3) is 0.143. The quantitative estimate of drug-likeness (QED) is 0.870. The summed E-state index contributed by atoms with van der Waals surface area (Å²) in [7, 11) is 0. The van der Waals surface area contributed by atoms with Crippen molar-refractivity contribution in [3.05, 3.63) is 47.7 Å². The summed E-state index contributed by atoms with van der Waals surface area (Å²) in [5.41, 5.74) is -1.15. The second-order valence-electron chi connectivity index (χ2n) is 4.42. The van der Waals surface area contributed by atoms with Crippen molar-refractivity contribution in [1.82, 2.24) is 4.98 Å². The number of pyridine rings is 1. The van der Waals surface area contributed by atoms with Crippen LogP contribution in [0.15, 0.2) is 30.5 Å². The van der Waals surface area contributed by atoms with E-state index < -0.39 is 41.8 Å². The Bertz CT molecular complexity index is 725. The normalized spacial score (nSPS) is 11.3. The largest absolute Gasteiger partial charge is 0.573 e. The molecule has 1 aromatic carbocycles. The summed E-state index contributed by atoms with van der Waals surface area (Å²) in [6.45, 7) is 0. The number of rotatable bonds is 4. The molecular formula is C14H8F5NO3. The molecule has 0 aliphatic heterocycles. The number of carboxylic acids is 1. The Hall–Kier alpha value is -2.71. The highest BCUT2D eigenvalue weighted by Gasteiger charge is 2.34. The van der Waals surface area contributed by atoms with Crippen LogP contribution in [0, 0.1) is 11.6 Å². The lowest BCUT2D eigenvalue weighted by Crippen LogP contribution is -2.19. The Morgan fingerprint density at radius 2 is 1.78 bits per heavy atom. The zero-order valence-electron chi connectivity index (χ0n) is 11.2. The van der Waals surface area contributed by atoms with Gasteiger partial charge in [0.05, 0.1) is 6.42 Å². The molecule has 0 aliphatic carbocycles. The van der Waals surface area contributed by atoms with Gasteiger partial charge in [0, 0.05) is 23.4 Å². The van der Waals surface area contributed by atoms with Gasteiger partial charge in [-0.15, -0.1) is 13.2 Å². The number of hydrogen-bond donors (Lipinski definition) is 1. The van der Waals surface area contributed by atoms with Gasteiger partial charge in [0.15, 0.2) is 5.75 Å². The van der Waals surface area contributed by atoms with Crippen molar-refractivity contribution in [3.63, 3.8) is 0 Å². The second kappa shape index (κ2) is 6.19. The lowest BCUT2D eigenvalue weighted by atomic mass is 10.1. The number of benzene rings is 1. The molecule has 0 fully saturated rings. The van der Waals surface area contributed by atoms with Crippen molar-refractivity contribution in [2.45, 2.75) is 12.8 Å². The van der Waals surface area contributed by atoms with Crippen LogP contribution >= 0.6 is 0 Å². The van der Waals surface area contributed by atoms with E-state index >= 15 is 0 Å². The number of halogens is 5. The maximum absolute atomic E-state index is 13.3. The summed E-state index contributed by atoms with van der Waals surface area (Å²) in [6, 6.07) is 3.08. The maximum atomic E-state index is 13.3. The molecule has 0 saturated heterocycles. The number of ether oxygens (including phenoxy) is 1. The van der Waals surface area contributed by atoms with Crippen LogP contribution in [0.1, 0.15) is 5.56 Å². The maximum Gasteiger partial charge on any atom is 0.573 e. The van der Waals surface area contributed by atoms with E-state index in [-0.39, 0.29) is 11.1 Å². The highest BCUT2D eigenvalue weighted by atomic mass is 19.4. The molecule has 0 bridgehead atoms. The van der Waals surface area contributed by atoms with E-state index in [9.17, 15) is 26.7 Å². The van der Waals surface area contributed by atoms with Crippen LogP contribution in [0.25, 0.3) is 11.3 Å². The minimum atomic E-state index is -5.13. The monoisotopic (exact) mass is 333 g/mol. The van der Waals surface area contributed by atoms with Crippen LogP contribution < -0.4 is 4.74 Å². The minimum absolute atomic E-state index is 0.311. The predicted molar refractivity (Wildman–Crippen MR) is 67.6 cm³/mol. The molecule has 0 amide bonds. The van der Waals surface area contributed by atoms with E-state index in [1.54, 1.807) is 0 Å². The van der Waals surface area contributed by atoms with E-state index in [1.165, 1.54) is 0 Å². The minimum Gasteiger partial charge on any atom is -0.481 e. The molecule has 9 heteroatoms. The number of aromatic nitrogens is 1. The molecule has 1 N–H and O–H groups in total. The number of carbonyl (C=O) groups is 1. The van der Waals surface area contributed by atoms with Gasteiger partial charge >= 0.3 is 12.3 Å². The van der Waals surface area contributed by atoms with Gasteiger partial charge in [0.25, 0.3) is 0 Å². The molecule has 0 aliphatic rings. The Morgan fingerprint density at radius 1 is 1.17 bits per heavy atom. The molecule has 1 aromatic heterocycles. The van der Waals surface area contributed by atoms with E-state index in [2.05, 4.69) is 9.72 Å². The van der Waals surface area contributed by atoms with E-state index in [4.69, 9.17) is 5.11 Å². The molecule has 0 saturated carbocycles. The van der Waals surface area contributed by atoms with Gasteiger partial charge in [-0.25, -0.2) is 8.78 Å². The van der Waals surface area contributed by atoms with E-state index in [0.29, 0.717) is 6.07 Å². The van der Waals surface area contributed by atoms with Crippen LogP contribution in [0.4, 0.5) is 22.0 Å². The summed E-state index contributed by atoms with van der Waals surface area (Å²) in [6.07, 6.45) is -4.88. The first-order valence-electron chi connectivity index (χ1n) is 6.07. The standard InChI is InChI=1S/C14H8F5NO3/c15-9-3-8(4-10(16)6-9)12-13(23-14(17,18)19)7(1-2-20-12)5-11(21)22/h1-4,6H,5H2,(H,21,22). The van der Waals surface area contributed by atoms with Crippen LogP contribution in [0.5, 0.6) is 5.75 Å². The molecule has 1 heterocycles. The fourth-order valence-corrected chi connectivity index (χ4v) is 1.92. The van der Waals surface area contributed by atoms with Gasteiger partial charge in [-0.1, -0.05) is 0 Å². The van der Waals surface area contributed by atoms with Crippen LogP contribution in [-0.4, -0.2) is 22.4 Å². The van der Waals surface area contributed by atoms with E-state index in [0.717, 1.165) is 24.4 Å². The van der Waals surface area contributed by atoms with E-state index in [1.807, 2.05) is 0 Å². The summed E-state index contributed by atoms with van der Waals surface area (Å²) in [5, 5.41) is 8.76. The van der Waals surface area contributed by atoms with Crippen molar-refractivity contribution in [3.8, 4) is 17.0 Å². The highest BCUT2D eigenvalue weighted by molar-refractivity contribution is 5.75. The first-order chi connectivity index (χ1) is 10.7. The predicted octanol–water partition coefficient (Wildman–Crippen LogP) is 3.55. The molecule has 122 valence electrons. The average molecular weight is 333 g/mol. The van der Waals surface area contributed by atoms with Crippen molar-refractivity contribution in [2.75, 3.05) is 0 Å². The zero-order valence-corrected chi connectivity index (χ0v) is 11.2. The molecule has 23 heavy (non-hydrogen) atoms. The molecule has 2 aromatic rings. The number of hydrogen-bond acceptors (Lipinski definition) is 3. The van der Waals surface area contributed by atoms with Gasteiger partial charge in [-0.3, -0.25) is 9.78 Å². The molecule has 0 unspecified atom stereocenters. The number of alkyl halides is 3. The topological polar surface area (TPSA) is 59.4 Å². The van der Waals surface area contributed by atoms with Gasteiger partial charge in [-0.05, 0) is 18.2 Å². The first kappa shape index (κ1) is 16.7. The van der Waals surface area contributed by atoms with Crippen LogP contribution in [0.3, 0.4) is 0 Å².